The Bertz CT molecular complexity index is 658. The second-order valence-corrected chi connectivity index (χ2v) is 4.07. The Morgan fingerprint density at radius 3 is 2.65 bits per heavy atom. The number of pyridine rings is 1. The van der Waals surface area contributed by atoms with Crippen molar-refractivity contribution in [2.75, 3.05) is 5.32 Å². The number of amides is 1. The molecule has 2 N–H and O–H groups in total. The molecular formula is C14H11FN2O3. The molecule has 0 unspecified atom stereocenters. The summed E-state index contributed by atoms with van der Waals surface area (Å²) in [5, 5.41) is 11.2. The highest BCUT2D eigenvalue weighted by molar-refractivity contribution is 6.02. The molecule has 0 saturated heterocycles. The highest BCUT2D eigenvalue weighted by atomic mass is 19.1. The SMILES string of the molecule is O=C(O)Cc1cccc(NC(=O)c2cccc(F)n2)c1. The van der Waals surface area contributed by atoms with E-state index >= 15 is 0 Å². The number of aliphatic carboxylic acids is 1. The number of nitrogens with zero attached hydrogens (tertiary/aromatic N) is 1. The normalized spacial score (nSPS) is 10.1. The molecule has 2 aromatic rings. The van der Waals surface area contributed by atoms with Crippen LogP contribution in [-0.4, -0.2) is 22.0 Å². The first-order chi connectivity index (χ1) is 9.54. The fourth-order valence-electron chi connectivity index (χ4n) is 1.66. The molecule has 20 heavy (non-hydrogen) atoms. The van der Waals surface area contributed by atoms with Gasteiger partial charge < -0.3 is 10.4 Å². The van der Waals surface area contributed by atoms with E-state index in [0.29, 0.717) is 11.3 Å². The smallest absolute Gasteiger partial charge is 0.307 e. The lowest BCUT2D eigenvalue weighted by molar-refractivity contribution is -0.136. The van der Waals surface area contributed by atoms with Crippen LogP contribution in [0.15, 0.2) is 42.5 Å². The molecule has 0 atom stereocenters. The van der Waals surface area contributed by atoms with E-state index in [2.05, 4.69) is 10.3 Å². The van der Waals surface area contributed by atoms with Crippen LogP contribution in [0.4, 0.5) is 10.1 Å². The first-order valence-electron chi connectivity index (χ1n) is 5.79. The number of anilines is 1. The van der Waals surface area contributed by atoms with Gasteiger partial charge in [-0.3, -0.25) is 9.59 Å². The highest BCUT2D eigenvalue weighted by Gasteiger charge is 2.09. The molecule has 102 valence electrons. The van der Waals surface area contributed by atoms with E-state index in [1.807, 2.05) is 0 Å². The van der Waals surface area contributed by atoms with Gasteiger partial charge in [0.2, 0.25) is 5.95 Å². The van der Waals surface area contributed by atoms with Crippen molar-refractivity contribution in [1.29, 1.82) is 0 Å². The number of carbonyl (C=O) groups is 2. The maximum absolute atomic E-state index is 12.9. The van der Waals surface area contributed by atoms with Crippen LogP contribution in [0.3, 0.4) is 0 Å². The van der Waals surface area contributed by atoms with Gasteiger partial charge in [-0.2, -0.15) is 4.39 Å². The molecule has 0 bridgehead atoms. The number of rotatable bonds is 4. The fraction of sp³-hybridized carbons (Fsp3) is 0.0714. The Balaban J connectivity index is 2.13. The molecule has 0 saturated carbocycles. The largest absolute Gasteiger partial charge is 0.481 e. The van der Waals surface area contributed by atoms with Crippen LogP contribution >= 0.6 is 0 Å². The summed E-state index contributed by atoms with van der Waals surface area (Å²) in [6.45, 7) is 0. The first kappa shape index (κ1) is 13.7. The Morgan fingerprint density at radius 1 is 1.20 bits per heavy atom. The average Bonchev–Trinajstić information content (AvgIpc) is 2.38. The van der Waals surface area contributed by atoms with Crippen LogP contribution in [-0.2, 0) is 11.2 Å². The number of hydrogen-bond donors (Lipinski definition) is 2. The van der Waals surface area contributed by atoms with Crippen molar-refractivity contribution < 1.29 is 19.1 Å². The van der Waals surface area contributed by atoms with E-state index in [4.69, 9.17) is 5.11 Å². The van der Waals surface area contributed by atoms with Gasteiger partial charge in [0.1, 0.15) is 5.69 Å². The molecule has 0 aliphatic carbocycles. The van der Waals surface area contributed by atoms with Crippen molar-refractivity contribution in [3.63, 3.8) is 0 Å². The zero-order valence-electron chi connectivity index (χ0n) is 10.3. The third kappa shape index (κ3) is 3.61. The molecule has 1 heterocycles. The number of nitrogens with one attached hydrogen (secondary N) is 1. The van der Waals surface area contributed by atoms with E-state index in [-0.39, 0.29) is 12.1 Å². The maximum Gasteiger partial charge on any atom is 0.307 e. The monoisotopic (exact) mass is 274 g/mol. The predicted octanol–water partition coefficient (Wildman–Crippen LogP) is 2.10. The van der Waals surface area contributed by atoms with Gasteiger partial charge in [-0.05, 0) is 29.8 Å². The Labute approximate surface area is 114 Å². The van der Waals surface area contributed by atoms with Gasteiger partial charge in [0.25, 0.3) is 5.91 Å². The number of aromatic nitrogens is 1. The van der Waals surface area contributed by atoms with Crippen LogP contribution in [0.2, 0.25) is 0 Å². The molecule has 0 spiro atoms. The Morgan fingerprint density at radius 2 is 1.95 bits per heavy atom. The second-order valence-electron chi connectivity index (χ2n) is 4.07. The summed E-state index contributed by atoms with van der Waals surface area (Å²) in [5.74, 6) is -2.26. The van der Waals surface area contributed by atoms with Crippen LogP contribution in [0, 0.1) is 5.95 Å². The standard InChI is InChI=1S/C14H11FN2O3/c15-12-6-2-5-11(17-12)14(20)16-10-4-1-3-9(7-10)8-13(18)19/h1-7H,8H2,(H,16,20)(H,18,19). The van der Waals surface area contributed by atoms with Gasteiger partial charge in [-0.25, -0.2) is 4.98 Å². The molecule has 1 aromatic heterocycles. The number of hydrogen-bond acceptors (Lipinski definition) is 3. The first-order valence-corrected chi connectivity index (χ1v) is 5.79. The topological polar surface area (TPSA) is 79.3 Å². The van der Waals surface area contributed by atoms with E-state index < -0.39 is 17.8 Å². The number of carboxylic acids is 1. The maximum atomic E-state index is 12.9. The summed E-state index contributed by atoms with van der Waals surface area (Å²) >= 11 is 0. The van der Waals surface area contributed by atoms with Crippen molar-refractivity contribution in [3.8, 4) is 0 Å². The molecule has 6 heteroatoms. The lowest BCUT2D eigenvalue weighted by atomic mass is 10.1. The minimum Gasteiger partial charge on any atom is -0.481 e. The molecule has 2 rings (SSSR count). The molecule has 1 amide bonds. The van der Waals surface area contributed by atoms with Gasteiger partial charge in [0.05, 0.1) is 6.42 Å². The van der Waals surface area contributed by atoms with Crippen molar-refractivity contribution >= 4 is 17.6 Å². The van der Waals surface area contributed by atoms with Crippen molar-refractivity contribution in [2.24, 2.45) is 0 Å². The van der Waals surface area contributed by atoms with E-state index in [0.717, 1.165) is 6.07 Å². The van der Waals surface area contributed by atoms with E-state index in [1.54, 1.807) is 24.3 Å². The second kappa shape index (κ2) is 5.92. The summed E-state index contributed by atoms with van der Waals surface area (Å²) in [6, 6.07) is 10.4. The van der Waals surface area contributed by atoms with Crippen molar-refractivity contribution in [1.82, 2.24) is 4.98 Å². The molecule has 1 aromatic carbocycles. The van der Waals surface area contributed by atoms with Crippen LogP contribution in [0.5, 0.6) is 0 Å². The van der Waals surface area contributed by atoms with Gasteiger partial charge in [-0.1, -0.05) is 18.2 Å². The summed E-state index contributed by atoms with van der Waals surface area (Å²) in [5.41, 5.74) is 0.941. The highest BCUT2D eigenvalue weighted by Crippen LogP contribution is 2.12. The van der Waals surface area contributed by atoms with Gasteiger partial charge in [-0.15, -0.1) is 0 Å². The molecule has 0 fully saturated rings. The number of carboxylic acid groups (broad SMARTS) is 1. The molecule has 5 nitrogen and oxygen atoms in total. The summed E-state index contributed by atoms with van der Waals surface area (Å²) < 4.78 is 12.9. The number of carbonyl (C=O) groups excluding carboxylic acids is 1. The van der Waals surface area contributed by atoms with Gasteiger partial charge >= 0.3 is 5.97 Å². The Kier molecular flexibility index (Phi) is 4.05. The number of benzene rings is 1. The Hall–Kier alpha value is -2.76. The lowest BCUT2D eigenvalue weighted by Crippen LogP contribution is -2.14. The fourth-order valence-corrected chi connectivity index (χ4v) is 1.66. The van der Waals surface area contributed by atoms with Crippen LogP contribution in [0.25, 0.3) is 0 Å². The molecule has 0 radical (unpaired) electrons. The van der Waals surface area contributed by atoms with Crippen molar-refractivity contribution in [3.05, 3.63) is 59.7 Å². The summed E-state index contributed by atoms with van der Waals surface area (Å²) in [7, 11) is 0. The number of halogens is 1. The average molecular weight is 274 g/mol. The third-order valence-electron chi connectivity index (χ3n) is 2.49. The van der Waals surface area contributed by atoms with Crippen molar-refractivity contribution in [2.45, 2.75) is 6.42 Å². The van der Waals surface area contributed by atoms with Gasteiger partial charge in [0.15, 0.2) is 0 Å². The minimum absolute atomic E-state index is 0.0476. The van der Waals surface area contributed by atoms with Crippen LogP contribution < -0.4 is 5.32 Å². The van der Waals surface area contributed by atoms with Crippen LogP contribution in [0.1, 0.15) is 16.1 Å². The van der Waals surface area contributed by atoms with E-state index in [1.165, 1.54) is 12.1 Å². The molecular weight excluding hydrogens is 263 g/mol. The summed E-state index contributed by atoms with van der Waals surface area (Å²) in [6.07, 6.45) is -0.137. The third-order valence-corrected chi connectivity index (χ3v) is 2.49. The van der Waals surface area contributed by atoms with Gasteiger partial charge in [0, 0.05) is 5.69 Å². The summed E-state index contributed by atoms with van der Waals surface area (Å²) in [4.78, 5) is 25.9. The van der Waals surface area contributed by atoms with E-state index in [9.17, 15) is 14.0 Å². The zero-order chi connectivity index (χ0) is 14.5. The quantitative estimate of drug-likeness (QED) is 0.837. The molecule has 0 aliphatic heterocycles. The lowest BCUT2D eigenvalue weighted by Gasteiger charge is -2.06. The predicted molar refractivity (Wildman–Crippen MR) is 69.9 cm³/mol. The molecule has 0 aliphatic rings. The zero-order valence-corrected chi connectivity index (χ0v) is 10.3. The minimum atomic E-state index is -0.958.